The predicted octanol–water partition coefficient (Wildman–Crippen LogP) is 2.85. The van der Waals surface area contributed by atoms with Crippen LogP contribution >= 0.6 is 0 Å². The Morgan fingerprint density at radius 2 is 1.86 bits per heavy atom. The molecule has 0 amide bonds. The van der Waals surface area contributed by atoms with E-state index in [0.717, 1.165) is 19.6 Å². The molecule has 1 aliphatic carbocycles. The van der Waals surface area contributed by atoms with Gasteiger partial charge >= 0.3 is 0 Å². The second-order valence-corrected chi connectivity index (χ2v) is 4.64. The first kappa shape index (κ1) is 12.0. The number of hydrogen-bond acceptors (Lipinski definition) is 2. The van der Waals surface area contributed by atoms with Gasteiger partial charge in [0.15, 0.2) is 0 Å². The van der Waals surface area contributed by atoms with Gasteiger partial charge in [0.1, 0.15) is 0 Å². The van der Waals surface area contributed by atoms with Crippen molar-refractivity contribution >= 4 is 0 Å². The van der Waals surface area contributed by atoms with Gasteiger partial charge in [-0.2, -0.15) is 0 Å². The monoisotopic (exact) mass is 199 g/mol. The van der Waals surface area contributed by atoms with Crippen LogP contribution in [-0.2, 0) is 4.74 Å². The van der Waals surface area contributed by atoms with Gasteiger partial charge < -0.3 is 10.5 Å². The summed E-state index contributed by atoms with van der Waals surface area (Å²) in [5, 5.41) is 0. The van der Waals surface area contributed by atoms with Crippen LogP contribution in [0.25, 0.3) is 0 Å². The number of rotatable bonds is 6. The number of hydrogen-bond donors (Lipinski definition) is 1. The van der Waals surface area contributed by atoms with Crippen molar-refractivity contribution in [2.75, 3.05) is 13.2 Å². The van der Waals surface area contributed by atoms with Crippen molar-refractivity contribution in [3.8, 4) is 0 Å². The van der Waals surface area contributed by atoms with E-state index in [-0.39, 0.29) is 5.54 Å². The maximum Gasteiger partial charge on any atom is 0.0483 e. The minimum atomic E-state index is 0.102. The van der Waals surface area contributed by atoms with E-state index in [9.17, 15) is 0 Å². The molecule has 1 saturated carbocycles. The summed E-state index contributed by atoms with van der Waals surface area (Å²) in [5.41, 5.74) is 6.40. The van der Waals surface area contributed by atoms with Crippen LogP contribution in [0.4, 0.5) is 0 Å². The van der Waals surface area contributed by atoms with E-state index in [4.69, 9.17) is 10.5 Å². The van der Waals surface area contributed by atoms with Crippen LogP contribution in [0.1, 0.15) is 58.3 Å². The molecule has 2 heteroatoms. The quantitative estimate of drug-likeness (QED) is 0.668. The Labute approximate surface area is 88.2 Å². The fourth-order valence-corrected chi connectivity index (χ4v) is 2.13. The summed E-state index contributed by atoms with van der Waals surface area (Å²) < 4.78 is 5.56. The van der Waals surface area contributed by atoms with Crippen molar-refractivity contribution in [3.05, 3.63) is 0 Å². The minimum Gasteiger partial charge on any atom is -0.381 e. The summed E-state index contributed by atoms with van der Waals surface area (Å²) in [6.45, 7) is 3.96. The normalized spacial score (nSPS) is 21.0. The first-order chi connectivity index (χ1) is 6.77. The fraction of sp³-hybridized carbons (Fsp3) is 1.00. The largest absolute Gasteiger partial charge is 0.381 e. The van der Waals surface area contributed by atoms with Gasteiger partial charge in [-0.25, -0.2) is 0 Å². The Hall–Kier alpha value is -0.0800. The SMILES string of the molecule is CCCCOCCC1(N)CCCCC1. The Morgan fingerprint density at radius 3 is 2.50 bits per heavy atom. The highest BCUT2D eigenvalue weighted by molar-refractivity contribution is 4.86. The molecule has 2 nitrogen and oxygen atoms in total. The standard InChI is InChI=1S/C12H25NO/c1-2-3-10-14-11-9-12(13)7-5-4-6-8-12/h2-11,13H2,1H3. The molecule has 1 aliphatic rings. The fourth-order valence-electron chi connectivity index (χ4n) is 2.13. The first-order valence-electron chi connectivity index (χ1n) is 6.13. The summed E-state index contributed by atoms with van der Waals surface area (Å²) in [4.78, 5) is 0. The lowest BCUT2D eigenvalue weighted by molar-refractivity contribution is 0.103. The molecular weight excluding hydrogens is 174 g/mol. The molecule has 0 radical (unpaired) electrons. The van der Waals surface area contributed by atoms with Crippen LogP contribution in [0.15, 0.2) is 0 Å². The summed E-state index contributed by atoms with van der Waals surface area (Å²) in [5.74, 6) is 0. The lowest BCUT2D eigenvalue weighted by atomic mass is 9.80. The molecule has 0 atom stereocenters. The van der Waals surface area contributed by atoms with E-state index in [0.29, 0.717) is 0 Å². The van der Waals surface area contributed by atoms with E-state index < -0.39 is 0 Å². The Morgan fingerprint density at radius 1 is 1.14 bits per heavy atom. The average molecular weight is 199 g/mol. The summed E-state index contributed by atoms with van der Waals surface area (Å²) >= 11 is 0. The molecule has 0 unspecified atom stereocenters. The zero-order chi connectivity index (χ0) is 10.3. The molecule has 84 valence electrons. The van der Waals surface area contributed by atoms with Gasteiger partial charge in [0, 0.05) is 18.8 Å². The first-order valence-corrected chi connectivity index (χ1v) is 6.13. The molecule has 0 aromatic rings. The Kier molecular flexibility index (Phi) is 5.49. The van der Waals surface area contributed by atoms with E-state index in [1.54, 1.807) is 0 Å². The zero-order valence-electron chi connectivity index (χ0n) is 9.56. The lowest BCUT2D eigenvalue weighted by Crippen LogP contribution is -2.42. The average Bonchev–Trinajstić information content (AvgIpc) is 2.18. The highest BCUT2D eigenvalue weighted by atomic mass is 16.5. The predicted molar refractivity (Wildman–Crippen MR) is 60.3 cm³/mol. The third kappa shape index (κ3) is 4.43. The molecule has 14 heavy (non-hydrogen) atoms. The van der Waals surface area contributed by atoms with E-state index in [1.807, 2.05) is 0 Å². The molecule has 0 aliphatic heterocycles. The molecule has 0 bridgehead atoms. The molecule has 1 fully saturated rings. The second kappa shape index (κ2) is 6.41. The zero-order valence-corrected chi connectivity index (χ0v) is 9.56. The van der Waals surface area contributed by atoms with Gasteiger partial charge in [0.05, 0.1) is 0 Å². The molecule has 0 spiro atoms. The Balaban J connectivity index is 2.03. The van der Waals surface area contributed by atoms with Crippen LogP contribution in [0.3, 0.4) is 0 Å². The van der Waals surface area contributed by atoms with Crippen molar-refractivity contribution in [1.29, 1.82) is 0 Å². The molecule has 0 saturated heterocycles. The van der Waals surface area contributed by atoms with Gasteiger partial charge in [0.2, 0.25) is 0 Å². The maximum absolute atomic E-state index is 6.29. The summed E-state index contributed by atoms with van der Waals surface area (Å²) in [6, 6.07) is 0. The molecule has 0 heterocycles. The lowest BCUT2D eigenvalue weighted by Gasteiger charge is -2.33. The summed E-state index contributed by atoms with van der Waals surface area (Å²) in [6.07, 6.45) is 9.84. The van der Waals surface area contributed by atoms with Gasteiger partial charge in [-0.3, -0.25) is 0 Å². The van der Waals surface area contributed by atoms with Crippen molar-refractivity contribution in [3.63, 3.8) is 0 Å². The molecule has 0 aromatic carbocycles. The topological polar surface area (TPSA) is 35.2 Å². The van der Waals surface area contributed by atoms with E-state index in [2.05, 4.69) is 6.92 Å². The second-order valence-electron chi connectivity index (χ2n) is 4.64. The smallest absolute Gasteiger partial charge is 0.0483 e. The number of unbranched alkanes of at least 4 members (excludes halogenated alkanes) is 1. The van der Waals surface area contributed by atoms with E-state index in [1.165, 1.54) is 44.9 Å². The van der Waals surface area contributed by atoms with Gasteiger partial charge in [0.25, 0.3) is 0 Å². The molecule has 0 aromatic heterocycles. The van der Waals surface area contributed by atoms with Crippen LogP contribution in [0, 0.1) is 0 Å². The van der Waals surface area contributed by atoms with Crippen LogP contribution in [0.5, 0.6) is 0 Å². The highest BCUT2D eigenvalue weighted by Crippen LogP contribution is 2.28. The maximum atomic E-state index is 6.29. The number of ether oxygens (including phenoxy) is 1. The van der Waals surface area contributed by atoms with Crippen molar-refractivity contribution < 1.29 is 4.74 Å². The van der Waals surface area contributed by atoms with Crippen LogP contribution in [-0.4, -0.2) is 18.8 Å². The molecular formula is C12H25NO. The molecule has 2 N–H and O–H groups in total. The van der Waals surface area contributed by atoms with E-state index >= 15 is 0 Å². The Bertz CT molecular complexity index is 141. The van der Waals surface area contributed by atoms with Crippen LogP contribution in [0.2, 0.25) is 0 Å². The van der Waals surface area contributed by atoms with Crippen molar-refractivity contribution in [1.82, 2.24) is 0 Å². The third-order valence-corrected chi connectivity index (χ3v) is 3.24. The summed E-state index contributed by atoms with van der Waals surface area (Å²) in [7, 11) is 0. The molecule has 1 rings (SSSR count). The van der Waals surface area contributed by atoms with Gasteiger partial charge in [-0.05, 0) is 25.7 Å². The van der Waals surface area contributed by atoms with Gasteiger partial charge in [-0.15, -0.1) is 0 Å². The van der Waals surface area contributed by atoms with Crippen LogP contribution < -0.4 is 5.73 Å². The highest BCUT2D eigenvalue weighted by Gasteiger charge is 2.26. The van der Waals surface area contributed by atoms with Gasteiger partial charge in [-0.1, -0.05) is 32.6 Å². The third-order valence-electron chi connectivity index (χ3n) is 3.24. The minimum absolute atomic E-state index is 0.102. The van der Waals surface area contributed by atoms with Crippen molar-refractivity contribution in [2.45, 2.75) is 63.8 Å². The number of nitrogens with two attached hydrogens (primary N) is 1. The van der Waals surface area contributed by atoms with Crippen molar-refractivity contribution in [2.24, 2.45) is 5.73 Å².